The lowest BCUT2D eigenvalue weighted by Crippen LogP contribution is -2.30. The van der Waals surface area contributed by atoms with Gasteiger partial charge >= 0.3 is 0 Å². The minimum absolute atomic E-state index is 0.670. The highest BCUT2D eigenvalue weighted by Crippen LogP contribution is 2.19. The van der Waals surface area contributed by atoms with Gasteiger partial charge in [-0.3, -0.25) is 0 Å². The Kier molecular flexibility index (Phi) is 3.44. The minimum Gasteiger partial charge on any atom is -0.388 e. The van der Waals surface area contributed by atoms with Crippen molar-refractivity contribution >= 4 is 0 Å². The molecule has 0 fully saturated rings. The molecule has 1 nitrogen and oxygen atoms in total. The van der Waals surface area contributed by atoms with Gasteiger partial charge in [-0.1, -0.05) is 43.3 Å². The lowest BCUT2D eigenvalue weighted by Gasteiger charge is -2.25. The van der Waals surface area contributed by atoms with E-state index in [-0.39, 0.29) is 0 Å². The third-order valence-corrected chi connectivity index (χ3v) is 3.12. The first-order chi connectivity index (χ1) is 7.38. The van der Waals surface area contributed by atoms with Gasteiger partial charge in [0.1, 0.15) is 0 Å². The van der Waals surface area contributed by atoms with Crippen molar-refractivity contribution in [3.05, 3.63) is 48.2 Å². The van der Waals surface area contributed by atoms with Gasteiger partial charge in [-0.25, -0.2) is 0 Å². The Hall–Kier alpha value is -1.24. The van der Waals surface area contributed by atoms with Crippen molar-refractivity contribution in [3.8, 4) is 0 Å². The molecule has 2 rings (SSSR count). The molecule has 1 aliphatic rings. The molecule has 1 aromatic rings. The van der Waals surface area contributed by atoms with Crippen LogP contribution in [0.15, 0.2) is 42.6 Å². The molecular weight excluding hydrogens is 182 g/mol. The molecule has 1 aliphatic heterocycles. The van der Waals surface area contributed by atoms with Crippen LogP contribution in [0.3, 0.4) is 0 Å². The third kappa shape index (κ3) is 2.85. The van der Waals surface area contributed by atoms with Gasteiger partial charge in [-0.2, -0.15) is 0 Å². The van der Waals surface area contributed by atoms with E-state index in [1.807, 2.05) is 0 Å². The number of nitrogens with one attached hydrogen (secondary N) is 1. The van der Waals surface area contributed by atoms with E-state index in [0.717, 1.165) is 0 Å². The molecule has 2 unspecified atom stereocenters. The summed E-state index contributed by atoms with van der Waals surface area (Å²) >= 11 is 0. The van der Waals surface area contributed by atoms with Gasteiger partial charge in [0.25, 0.3) is 0 Å². The summed E-state index contributed by atoms with van der Waals surface area (Å²) in [5.74, 6) is 0.707. The summed E-state index contributed by atoms with van der Waals surface area (Å²) in [6.07, 6.45) is 8.09. The van der Waals surface area contributed by atoms with E-state index in [1.54, 1.807) is 0 Å². The van der Waals surface area contributed by atoms with Crippen molar-refractivity contribution in [2.45, 2.75) is 32.2 Å². The third-order valence-electron chi connectivity index (χ3n) is 3.12. The van der Waals surface area contributed by atoms with E-state index in [1.165, 1.54) is 24.8 Å². The second-order valence-corrected chi connectivity index (χ2v) is 4.32. The van der Waals surface area contributed by atoms with Crippen molar-refractivity contribution < 1.29 is 0 Å². The van der Waals surface area contributed by atoms with Crippen LogP contribution < -0.4 is 5.32 Å². The highest BCUT2D eigenvalue weighted by molar-refractivity contribution is 5.16. The van der Waals surface area contributed by atoms with E-state index in [9.17, 15) is 0 Å². The van der Waals surface area contributed by atoms with E-state index < -0.39 is 0 Å². The zero-order valence-electron chi connectivity index (χ0n) is 9.32. The van der Waals surface area contributed by atoms with Crippen LogP contribution in [-0.2, 0) is 6.42 Å². The van der Waals surface area contributed by atoms with Crippen LogP contribution >= 0.6 is 0 Å². The van der Waals surface area contributed by atoms with Crippen molar-refractivity contribution in [1.29, 1.82) is 0 Å². The molecule has 0 amide bonds. The van der Waals surface area contributed by atoms with Gasteiger partial charge < -0.3 is 5.32 Å². The van der Waals surface area contributed by atoms with E-state index in [0.29, 0.717) is 12.0 Å². The van der Waals surface area contributed by atoms with Gasteiger partial charge in [0.05, 0.1) is 0 Å². The van der Waals surface area contributed by atoms with Crippen LogP contribution in [0.4, 0.5) is 0 Å². The summed E-state index contributed by atoms with van der Waals surface area (Å²) in [7, 11) is 0. The monoisotopic (exact) mass is 201 g/mol. The molecule has 1 heterocycles. The molecule has 0 bridgehead atoms. The molecule has 0 spiro atoms. The Balaban J connectivity index is 1.95. The highest BCUT2D eigenvalue weighted by atomic mass is 14.9. The normalized spacial score (nSPS) is 24.9. The van der Waals surface area contributed by atoms with E-state index in [2.05, 4.69) is 54.8 Å². The second kappa shape index (κ2) is 5.01. The Morgan fingerprint density at radius 1 is 1.27 bits per heavy atom. The van der Waals surface area contributed by atoms with Crippen LogP contribution in [0.5, 0.6) is 0 Å². The number of benzene rings is 1. The number of hydrogen-bond donors (Lipinski definition) is 1. The average Bonchev–Trinajstić information content (AvgIpc) is 2.31. The number of rotatable bonds is 3. The summed E-state index contributed by atoms with van der Waals surface area (Å²) in [6, 6.07) is 11.4. The SMILES string of the molecule is CCC1CC(Cc2ccccc2)C=CN1. The molecule has 0 saturated heterocycles. The summed E-state index contributed by atoms with van der Waals surface area (Å²) in [5.41, 5.74) is 1.45. The van der Waals surface area contributed by atoms with E-state index >= 15 is 0 Å². The van der Waals surface area contributed by atoms with E-state index in [4.69, 9.17) is 0 Å². The van der Waals surface area contributed by atoms with Crippen molar-refractivity contribution in [3.63, 3.8) is 0 Å². The fourth-order valence-electron chi connectivity index (χ4n) is 2.19. The quantitative estimate of drug-likeness (QED) is 0.792. The lowest BCUT2D eigenvalue weighted by atomic mass is 9.90. The molecule has 0 aliphatic carbocycles. The molecule has 1 aromatic carbocycles. The van der Waals surface area contributed by atoms with Crippen LogP contribution in [0.1, 0.15) is 25.3 Å². The van der Waals surface area contributed by atoms with Gasteiger partial charge in [-0.05, 0) is 36.9 Å². The van der Waals surface area contributed by atoms with Crippen molar-refractivity contribution in [1.82, 2.24) is 5.32 Å². The standard InChI is InChI=1S/C14H19N/c1-2-14-11-13(8-9-15-14)10-12-6-4-3-5-7-12/h3-9,13-15H,2,10-11H2,1H3. The van der Waals surface area contributed by atoms with Crippen molar-refractivity contribution in [2.24, 2.45) is 5.92 Å². The molecule has 80 valence electrons. The summed E-state index contributed by atoms with van der Waals surface area (Å²) < 4.78 is 0. The van der Waals surface area contributed by atoms with Crippen LogP contribution in [0.2, 0.25) is 0 Å². The summed E-state index contributed by atoms with van der Waals surface area (Å²) in [4.78, 5) is 0. The molecule has 1 heteroatoms. The number of hydrogen-bond acceptors (Lipinski definition) is 1. The van der Waals surface area contributed by atoms with Crippen LogP contribution in [0, 0.1) is 5.92 Å². The summed E-state index contributed by atoms with van der Waals surface area (Å²) in [6.45, 7) is 2.25. The lowest BCUT2D eigenvalue weighted by molar-refractivity contribution is 0.425. The predicted octanol–water partition coefficient (Wildman–Crippen LogP) is 3.13. The molecule has 0 radical (unpaired) electrons. The number of allylic oxidation sites excluding steroid dienone is 1. The Labute approximate surface area is 92.2 Å². The Morgan fingerprint density at radius 3 is 2.80 bits per heavy atom. The topological polar surface area (TPSA) is 12.0 Å². The molecule has 1 N–H and O–H groups in total. The second-order valence-electron chi connectivity index (χ2n) is 4.32. The first-order valence-electron chi connectivity index (χ1n) is 5.85. The molecule has 2 atom stereocenters. The smallest absolute Gasteiger partial charge is 0.0258 e. The van der Waals surface area contributed by atoms with Gasteiger partial charge in [-0.15, -0.1) is 0 Å². The minimum atomic E-state index is 0.670. The molecular formula is C14H19N. The fraction of sp³-hybridized carbons (Fsp3) is 0.429. The predicted molar refractivity (Wildman–Crippen MR) is 64.6 cm³/mol. The van der Waals surface area contributed by atoms with Crippen LogP contribution in [0.25, 0.3) is 0 Å². The van der Waals surface area contributed by atoms with Crippen molar-refractivity contribution in [2.75, 3.05) is 0 Å². The Morgan fingerprint density at radius 2 is 2.07 bits per heavy atom. The first-order valence-corrected chi connectivity index (χ1v) is 5.85. The molecule has 15 heavy (non-hydrogen) atoms. The highest BCUT2D eigenvalue weighted by Gasteiger charge is 2.15. The zero-order chi connectivity index (χ0) is 10.5. The van der Waals surface area contributed by atoms with Gasteiger partial charge in [0.2, 0.25) is 0 Å². The maximum absolute atomic E-state index is 3.40. The first kappa shape index (κ1) is 10.3. The maximum Gasteiger partial charge on any atom is 0.0258 e. The maximum atomic E-state index is 3.40. The summed E-state index contributed by atoms with van der Waals surface area (Å²) in [5, 5.41) is 3.40. The largest absolute Gasteiger partial charge is 0.388 e. The Bertz CT molecular complexity index is 315. The van der Waals surface area contributed by atoms with Crippen LogP contribution in [-0.4, -0.2) is 6.04 Å². The zero-order valence-corrected chi connectivity index (χ0v) is 9.32. The average molecular weight is 201 g/mol. The molecule has 0 aromatic heterocycles. The fourth-order valence-corrected chi connectivity index (χ4v) is 2.19. The van der Waals surface area contributed by atoms with Gasteiger partial charge in [0, 0.05) is 6.04 Å². The van der Waals surface area contributed by atoms with Gasteiger partial charge in [0.15, 0.2) is 0 Å². The molecule has 0 saturated carbocycles.